The lowest BCUT2D eigenvalue weighted by Gasteiger charge is -2.26. The average Bonchev–Trinajstić information content (AvgIpc) is 3.23. The van der Waals surface area contributed by atoms with Crippen LogP contribution in [0.2, 0.25) is 0 Å². The SMILES string of the molecule is COc1cccc(C2CCCN2CC(=O)N(C)Cc2ccc(C)o2)c1. The van der Waals surface area contributed by atoms with Crippen molar-refractivity contribution in [3.8, 4) is 5.75 Å². The number of rotatable bonds is 6. The summed E-state index contributed by atoms with van der Waals surface area (Å²) in [6.07, 6.45) is 2.18. The fourth-order valence-electron chi connectivity index (χ4n) is 3.43. The third-order valence-electron chi connectivity index (χ3n) is 4.80. The Hall–Kier alpha value is -2.27. The van der Waals surface area contributed by atoms with Crippen LogP contribution in [0.5, 0.6) is 5.75 Å². The first-order valence-corrected chi connectivity index (χ1v) is 8.74. The third kappa shape index (κ3) is 4.23. The molecule has 3 rings (SSSR count). The van der Waals surface area contributed by atoms with E-state index in [2.05, 4.69) is 17.0 Å². The van der Waals surface area contributed by atoms with E-state index in [0.29, 0.717) is 13.1 Å². The van der Waals surface area contributed by atoms with Crippen molar-refractivity contribution in [2.75, 3.05) is 27.2 Å². The number of benzene rings is 1. The van der Waals surface area contributed by atoms with Crippen molar-refractivity contribution < 1.29 is 13.9 Å². The highest BCUT2D eigenvalue weighted by Gasteiger charge is 2.28. The minimum atomic E-state index is 0.115. The van der Waals surface area contributed by atoms with Gasteiger partial charge in [0.05, 0.1) is 20.2 Å². The van der Waals surface area contributed by atoms with Gasteiger partial charge in [0.25, 0.3) is 0 Å². The topological polar surface area (TPSA) is 45.9 Å². The number of furan rings is 1. The molecule has 1 amide bonds. The molecule has 1 aliphatic heterocycles. The van der Waals surface area contributed by atoms with Gasteiger partial charge in [-0.3, -0.25) is 9.69 Å². The number of likely N-dealkylation sites (tertiary alicyclic amines) is 1. The maximum atomic E-state index is 12.6. The lowest BCUT2D eigenvalue weighted by atomic mass is 10.0. The monoisotopic (exact) mass is 342 g/mol. The van der Waals surface area contributed by atoms with Crippen LogP contribution in [0.25, 0.3) is 0 Å². The van der Waals surface area contributed by atoms with Gasteiger partial charge in [-0.25, -0.2) is 0 Å². The van der Waals surface area contributed by atoms with Gasteiger partial charge >= 0.3 is 0 Å². The third-order valence-corrected chi connectivity index (χ3v) is 4.80. The molecule has 1 fully saturated rings. The van der Waals surface area contributed by atoms with Crippen LogP contribution in [0.15, 0.2) is 40.8 Å². The summed E-state index contributed by atoms with van der Waals surface area (Å²) in [4.78, 5) is 16.6. The van der Waals surface area contributed by atoms with Crippen molar-refractivity contribution in [2.24, 2.45) is 0 Å². The van der Waals surface area contributed by atoms with Crippen molar-refractivity contribution in [3.63, 3.8) is 0 Å². The van der Waals surface area contributed by atoms with Crippen LogP contribution in [-0.2, 0) is 11.3 Å². The predicted octanol–water partition coefficient (Wildman–Crippen LogP) is 3.39. The number of ether oxygens (including phenoxy) is 1. The molecule has 5 nitrogen and oxygen atoms in total. The van der Waals surface area contributed by atoms with Gasteiger partial charge in [-0.05, 0) is 56.1 Å². The smallest absolute Gasteiger partial charge is 0.236 e. The van der Waals surface area contributed by atoms with Gasteiger partial charge in [0, 0.05) is 13.1 Å². The Morgan fingerprint density at radius 3 is 2.92 bits per heavy atom. The van der Waals surface area contributed by atoms with Crippen LogP contribution in [0, 0.1) is 6.92 Å². The summed E-state index contributed by atoms with van der Waals surface area (Å²) in [5, 5.41) is 0. The number of nitrogens with zero attached hydrogens (tertiary/aromatic N) is 2. The zero-order chi connectivity index (χ0) is 17.8. The number of likely N-dealkylation sites (N-methyl/N-ethyl adjacent to an activating group) is 1. The van der Waals surface area contributed by atoms with E-state index in [-0.39, 0.29) is 11.9 Å². The van der Waals surface area contributed by atoms with Gasteiger partial charge in [0.2, 0.25) is 5.91 Å². The molecule has 25 heavy (non-hydrogen) atoms. The highest BCUT2D eigenvalue weighted by Crippen LogP contribution is 2.33. The molecule has 134 valence electrons. The summed E-state index contributed by atoms with van der Waals surface area (Å²) in [5.74, 6) is 2.66. The van der Waals surface area contributed by atoms with E-state index in [1.54, 1.807) is 12.0 Å². The second-order valence-corrected chi connectivity index (χ2v) is 6.67. The molecule has 1 aromatic carbocycles. The van der Waals surface area contributed by atoms with Gasteiger partial charge in [0.1, 0.15) is 17.3 Å². The Bertz CT molecular complexity index is 725. The summed E-state index contributed by atoms with van der Waals surface area (Å²) >= 11 is 0. The molecule has 1 saturated heterocycles. The lowest BCUT2D eigenvalue weighted by molar-refractivity contribution is -0.132. The molecule has 2 heterocycles. The van der Waals surface area contributed by atoms with Crippen LogP contribution in [0.4, 0.5) is 0 Å². The van der Waals surface area contributed by atoms with Crippen LogP contribution < -0.4 is 4.74 Å². The van der Waals surface area contributed by atoms with E-state index in [0.717, 1.165) is 36.7 Å². The fraction of sp³-hybridized carbons (Fsp3) is 0.450. The van der Waals surface area contributed by atoms with Crippen molar-refractivity contribution >= 4 is 5.91 Å². The molecule has 1 atom stereocenters. The van der Waals surface area contributed by atoms with Gasteiger partial charge in [-0.15, -0.1) is 0 Å². The normalized spacial score (nSPS) is 17.6. The summed E-state index contributed by atoms with van der Waals surface area (Å²) in [7, 11) is 3.51. The van der Waals surface area contributed by atoms with E-state index < -0.39 is 0 Å². The summed E-state index contributed by atoms with van der Waals surface area (Å²) in [5.41, 5.74) is 1.22. The first-order valence-electron chi connectivity index (χ1n) is 8.74. The highest BCUT2D eigenvalue weighted by atomic mass is 16.5. The van der Waals surface area contributed by atoms with Gasteiger partial charge in [-0.1, -0.05) is 12.1 Å². The van der Waals surface area contributed by atoms with E-state index in [9.17, 15) is 4.79 Å². The minimum absolute atomic E-state index is 0.115. The predicted molar refractivity (Wildman–Crippen MR) is 96.5 cm³/mol. The Labute approximate surface area is 149 Å². The largest absolute Gasteiger partial charge is 0.497 e. The van der Waals surface area contributed by atoms with Crippen LogP contribution >= 0.6 is 0 Å². The number of hydrogen-bond acceptors (Lipinski definition) is 4. The summed E-state index contributed by atoms with van der Waals surface area (Å²) < 4.78 is 10.9. The lowest BCUT2D eigenvalue weighted by Crippen LogP contribution is -2.37. The van der Waals surface area contributed by atoms with Crippen LogP contribution in [-0.4, -0.2) is 43.0 Å². The minimum Gasteiger partial charge on any atom is -0.497 e. The summed E-state index contributed by atoms with van der Waals surface area (Å²) in [6, 6.07) is 12.3. The number of hydrogen-bond donors (Lipinski definition) is 0. The first kappa shape index (κ1) is 17.5. The van der Waals surface area contributed by atoms with Crippen molar-refractivity contribution in [1.82, 2.24) is 9.80 Å². The van der Waals surface area contributed by atoms with Crippen LogP contribution in [0.1, 0.15) is 36.0 Å². The second-order valence-electron chi connectivity index (χ2n) is 6.67. The Balaban J connectivity index is 1.63. The Kier molecular flexibility index (Phi) is 5.43. The summed E-state index contributed by atoms with van der Waals surface area (Å²) in [6.45, 7) is 3.79. The number of methoxy groups -OCH3 is 1. The Morgan fingerprint density at radius 2 is 2.20 bits per heavy atom. The van der Waals surface area contributed by atoms with E-state index in [4.69, 9.17) is 9.15 Å². The number of aryl methyl sites for hydroxylation is 1. The number of amides is 1. The van der Waals surface area contributed by atoms with Crippen LogP contribution in [0.3, 0.4) is 0 Å². The van der Waals surface area contributed by atoms with Crippen molar-refractivity contribution in [2.45, 2.75) is 32.4 Å². The number of carbonyl (C=O) groups excluding carboxylic acids is 1. The molecule has 0 spiro atoms. The quantitative estimate of drug-likeness (QED) is 0.807. The van der Waals surface area contributed by atoms with Gasteiger partial charge in [0.15, 0.2) is 0 Å². The fourth-order valence-corrected chi connectivity index (χ4v) is 3.43. The molecule has 1 unspecified atom stereocenters. The Morgan fingerprint density at radius 1 is 1.36 bits per heavy atom. The first-order chi connectivity index (χ1) is 12.1. The zero-order valence-corrected chi connectivity index (χ0v) is 15.2. The molecule has 1 aromatic heterocycles. The molecule has 1 aliphatic rings. The molecule has 0 aliphatic carbocycles. The maximum absolute atomic E-state index is 12.6. The van der Waals surface area contributed by atoms with E-state index in [1.165, 1.54) is 5.56 Å². The molecular weight excluding hydrogens is 316 g/mol. The van der Waals surface area contributed by atoms with E-state index in [1.807, 2.05) is 38.2 Å². The van der Waals surface area contributed by atoms with Gasteiger partial charge in [-0.2, -0.15) is 0 Å². The molecule has 0 bridgehead atoms. The molecule has 0 radical (unpaired) electrons. The molecule has 2 aromatic rings. The van der Waals surface area contributed by atoms with Crippen molar-refractivity contribution in [1.29, 1.82) is 0 Å². The zero-order valence-electron chi connectivity index (χ0n) is 15.2. The maximum Gasteiger partial charge on any atom is 0.236 e. The van der Waals surface area contributed by atoms with E-state index >= 15 is 0 Å². The molecular formula is C20H26N2O3. The highest BCUT2D eigenvalue weighted by molar-refractivity contribution is 5.78. The van der Waals surface area contributed by atoms with Crippen molar-refractivity contribution in [3.05, 3.63) is 53.5 Å². The second kappa shape index (κ2) is 7.74. The number of carbonyl (C=O) groups is 1. The molecule has 0 N–H and O–H groups in total. The molecule has 5 heteroatoms. The standard InChI is InChI=1S/C20H26N2O3/c1-15-9-10-18(25-15)13-21(2)20(23)14-22-11-5-8-19(22)16-6-4-7-17(12-16)24-3/h4,6-7,9-10,12,19H,5,8,11,13-14H2,1-3H3. The molecule has 0 saturated carbocycles. The average molecular weight is 342 g/mol. The van der Waals surface area contributed by atoms with Gasteiger partial charge < -0.3 is 14.1 Å².